The highest BCUT2D eigenvalue weighted by Crippen LogP contribution is 2.25. The zero-order chi connectivity index (χ0) is 15.3. The molecule has 1 aromatic rings. The van der Waals surface area contributed by atoms with Gasteiger partial charge in [0.15, 0.2) is 0 Å². The highest BCUT2D eigenvalue weighted by molar-refractivity contribution is 5.44. The van der Waals surface area contributed by atoms with Crippen LogP contribution in [0.2, 0.25) is 0 Å². The van der Waals surface area contributed by atoms with Crippen LogP contribution in [0, 0.1) is 26.7 Å². The molecule has 114 valence electrons. The molecular weight excluding hydrogens is 250 g/mol. The van der Waals surface area contributed by atoms with Gasteiger partial charge < -0.3 is 15.2 Å². The van der Waals surface area contributed by atoms with Gasteiger partial charge in [-0.25, -0.2) is 0 Å². The molecule has 3 N–H and O–H groups in total. The van der Waals surface area contributed by atoms with E-state index in [4.69, 9.17) is 4.74 Å². The molecule has 0 aliphatic rings. The van der Waals surface area contributed by atoms with E-state index in [-0.39, 0.29) is 0 Å². The maximum atomic E-state index is 10.0. The van der Waals surface area contributed by atoms with Gasteiger partial charge in [-0.2, -0.15) is 0 Å². The summed E-state index contributed by atoms with van der Waals surface area (Å²) < 4.78 is 5.83. The summed E-state index contributed by atoms with van der Waals surface area (Å²) in [4.78, 5) is 0. The summed E-state index contributed by atoms with van der Waals surface area (Å²) in [5, 5.41) is 12.2. The standard InChI is InChI=1S/C17H29NO2/c1-11(2)15(6)18-9-16(19)10-20-17-13(4)8-7-12(3)14(17)5/h7-8,11,15-16,18-19H,9-10H2,1-6H3/p+1/t15-,16-/m0/s1. The minimum atomic E-state index is -0.435. The Morgan fingerprint density at radius 3 is 2.30 bits per heavy atom. The van der Waals surface area contributed by atoms with Gasteiger partial charge in [-0.05, 0) is 44.4 Å². The first-order valence-electron chi connectivity index (χ1n) is 7.54. The van der Waals surface area contributed by atoms with Crippen molar-refractivity contribution in [1.29, 1.82) is 0 Å². The molecule has 0 aliphatic carbocycles. The Kier molecular flexibility index (Phi) is 6.50. The second-order valence-electron chi connectivity index (χ2n) is 6.19. The monoisotopic (exact) mass is 280 g/mol. The molecule has 0 radical (unpaired) electrons. The lowest BCUT2D eigenvalue weighted by atomic mass is 10.1. The Labute approximate surface area is 123 Å². The van der Waals surface area contributed by atoms with E-state index in [1.54, 1.807) is 0 Å². The van der Waals surface area contributed by atoms with Crippen molar-refractivity contribution in [1.82, 2.24) is 0 Å². The van der Waals surface area contributed by atoms with Crippen molar-refractivity contribution < 1.29 is 15.2 Å². The number of hydrogen-bond acceptors (Lipinski definition) is 2. The van der Waals surface area contributed by atoms with Gasteiger partial charge in [0.05, 0.1) is 6.04 Å². The Hall–Kier alpha value is -1.06. The van der Waals surface area contributed by atoms with Gasteiger partial charge >= 0.3 is 0 Å². The Morgan fingerprint density at radius 1 is 1.10 bits per heavy atom. The van der Waals surface area contributed by atoms with E-state index in [0.717, 1.165) is 16.9 Å². The highest BCUT2D eigenvalue weighted by atomic mass is 16.5. The van der Waals surface area contributed by atoms with Crippen LogP contribution in [-0.2, 0) is 0 Å². The van der Waals surface area contributed by atoms with Crippen molar-refractivity contribution in [3.63, 3.8) is 0 Å². The Morgan fingerprint density at radius 2 is 1.70 bits per heavy atom. The van der Waals surface area contributed by atoms with Crippen molar-refractivity contribution in [3.8, 4) is 5.75 Å². The van der Waals surface area contributed by atoms with E-state index in [0.29, 0.717) is 25.1 Å². The smallest absolute Gasteiger partial charge is 0.137 e. The molecule has 1 aromatic carbocycles. The number of ether oxygens (including phenoxy) is 1. The number of benzene rings is 1. The summed E-state index contributed by atoms with van der Waals surface area (Å²) >= 11 is 0. The summed E-state index contributed by atoms with van der Waals surface area (Å²) in [6, 6.07) is 4.69. The van der Waals surface area contributed by atoms with Crippen molar-refractivity contribution in [2.75, 3.05) is 13.2 Å². The highest BCUT2D eigenvalue weighted by Gasteiger charge is 2.15. The molecular formula is C17H30NO2+. The summed E-state index contributed by atoms with van der Waals surface area (Å²) in [7, 11) is 0. The first-order chi connectivity index (χ1) is 9.32. The molecule has 0 aliphatic heterocycles. The number of nitrogens with two attached hydrogens (primary N) is 1. The first kappa shape index (κ1) is 17.0. The van der Waals surface area contributed by atoms with E-state index in [2.05, 4.69) is 52.1 Å². The Balaban J connectivity index is 2.49. The molecule has 0 aromatic heterocycles. The first-order valence-corrected chi connectivity index (χ1v) is 7.54. The van der Waals surface area contributed by atoms with Crippen molar-refractivity contribution in [2.24, 2.45) is 5.92 Å². The third-order valence-corrected chi connectivity index (χ3v) is 4.13. The fraction of sp³-hybridized carbons (Fsp3) is 0.647. The average Bonchev–Trinajstić information content (AvgIpc) is 2.40. The molecule has 0 saturated heterocycles. The summed E-state index contributed by atoms with van der Waals surface area (Å²) in [6.07, 6.45) is -0.435. The molecule has 0 unspecified atom stereocenters. The lowest BCUT2D eigenvalue weighted by molar-refractivity contribution is -0.697. The lowest BCUT2D eigenvalue weighted by Gasteiger charge is -2.19. The van der Waals surface area contributed by atoms with Gasteiger partial charge in [0, 0.05) is 5.92 Å². The normalized spacial score (nSPS) is 14.4. The number of hydrogen-bond donors (Lipinski definition) is 2. The third-order valence-electron chi connectivity index (χ3n) is 4.13. The molecule has 3 nitrogen and oxygen atoms in total. The van der Waals surface area contributed by atoms with Gasteiger partial charge in [0.2, 0.25) is 0 Å². The Bertz CT molecular complexity index is 429. The zero-order valence-electron chi connectivity index (χ0n) is 13.7. The SMILES string of the molecule is Cc1ccc(C)c(OC[C@@H](O)C[NH2+][C@@H](C)C(C)C)c1C. The lowest BCUT2D eigenvalue weighted by Crippen LogP contribution is -2.92. The molecule has 0 saturated carbocycles. The summed E-state index contributed by atoms with van der Waals surface area (Å²) in [6.45, 7) is 13.8. The van der Waals surface area contributed by atoms with Crippen molar-refractivity contribution >= 4 is 0 Å². The minimum Gasteiger partial charge on any atom is -0.490 e. The number of aryl methyl sites for hydroxylation is 2. The number of quaternary nitrogens is 1. The van der Waals surface area contributed by atoms with E-state index in [1.807, 2.05) is 6.92 Å². The number of rotatable bonds is 7. The van der Waals surface area contributed by atoms with Crippen LogP contribution in [0.4, 0.5) is 0 Å². The summed E-state index contributed by atoms with van der Waals surface area (Å²) in [5.41, 5.74) is 3.51. The average molecular weight is 280 g/mol. The van der Waals surface area contributed by atoms with Crippen LogP contribution in [-0.4, -0.2) is 30.4 Å². The van der Waals surface area contributed by atoms with E-state index < -0.39 is 6.10 Å². The molecule has 0 spiro atoms. The molecule has 0 fully saturated rings. The van der Waals surface area contributed by atoms with Crippen LogP contribution in [0.15, 0.2) is 12.1 Å². The second kappa shape index (κ2) is 7.65. The van der Waals surface area contributed by atoms with E-state index >= 15 is 0 Å². The molecule has 0 heterocycles. The predicted molar refractivity (Wildman–Crippen MR) is 83.2 cm³/mol. The van der Waals surface area contributed by atoms with Crippen molar-refractivity contribution in [2.45, 2.75) is 53.7 Å². The van der Waals surface area contributed by atoms with Gasteiger partial charge in [0.1, 0.15) is 25.0 Å². The second-order valence-corrected chi connectivity index (χ2v) is 6.19. The van der Waals surface area contributed by atoms with Crippen LogP contribution in [0.5, 0.6) is 5.75 Å². The van der Waals surface area contributed by atoms with Gasteiger partial charge in [-0.1, -0.05) is 26.0 Å². The maximum absolute atomic E-state index is 10.0. The maximum Gasteiger partial charge on any atom is 0.137 e. The van der Waals surface area contributed by atoms with Crippen LogP contribution < -0.4 is 10.1 Å². The van der Waals surface area contributed by atoms with E-state index in [9.17, 15) is 5.11 Å². The summed E-state index contributed by atoms with van der Waals surface area (Å²) in [5.74, 6) is 1.53. The quantitative estimate of drug-likeness (QED) is 0.802. The van der Waals surface area contributed by atoms with Gasteiger partial charge in [-0.3, -0.25) is 0 Å². The molecule has 1 rings (SSSR count). The fourth-order valence-corrected chi connectivity index (χ4v) is 2.04. The molecule has 0 bridgehead atoms. The van der Waals surface area contributed by atoms with Crippen LogP contribution in [0.3, 0.4) is 0 Å². The van der Waals surface area contributed by atoms with Gasteiger partial charge in [-0.15, -0.1) is 0 Å². The molecule has 20 heavy (non-hydrogen) atoms. The van der Waals surface area contributed by atoms with Gasteiger partial charge in [0.25, 0.3) is 0 Å². The van der Waals surface area contributed by atoms with E-state index in [1.165, 1.54) is 5.56 Å². The third kappa shape index (κ3) is 4.80. The molecule has 2 atom stereocenters. The van der Waals surface area contributed by atoms with Crippen LogP contribution in [0.25, 0.3) is 0 Å². The number of aliphatic hydroxyl groups is 1. The van der Waals surface area contributed by atoms with Crippen LogP contribution in [0.1, 0.15) is 37.5 Å². The molecule has 0 amide bonds. The fourth-order valence-electron chi connectivity index (χ4n) is 2.04. The minimum absolute atomic E-state index is 0.354. The zero-order valence-corrected chi connectivity index (χ0v) is 13.7. The predicted octanol–water partition coefficient (Wildman–Crippen LogP) is 1.96. The van der Waals surface area contributed by atoms with Crippen molar-refractivity contribution in [3.05, 3.63) is 28.8 Å². The molecule has 3 heteroatoms. The topological polar surface area (TPSA) is 46.1 Å². The number of aliphatic hydroxyl groups excluding tert-OH is 1. The largest absolute Gasteiger partial charge is 0.490 e. The van der Waals surface area contributed by atoms with Crippen LogP contribution >= 0.6 is 0 Å².